The van der Waals surface area contributed by atoms with Gasteiger partial charge in [-0.15, -0.1) is 0 Å². The van der Waals surface area contributed by atoms with E-state index < -0.39 is 17.6 Å². The minimum Gasteiger partial charge on any atom is -0.497 e. The Balaban J connectivity index is 1.62. The van der Waals surface area contributed by atoms with Crippen LogP contribution in [0.25, 0.3) is 0 Å². The summed E-state index contributed by atoms with van der Waals surface area (Å²) < 4.78 is 21.6. The van der Waals surface area contributed by atoms with Crippen LogP contribution < -0.4 is 30.2 Å². The van der Waals surface area contributed by atoms with E-state index in [-0.39, 0.29) is 5.91 Å². The van der Waals surface area contributed by atoms with Gasteiger partial charge in [0.1, 0.15) is 22.8 Å². The molecular formula is C31H37N3O7. The Morgan fingerprint density at radius 3 is 1.98 bits per heavy atom. The largest absolute Gasteiger partial charge is 0.497 e. The molecule has 41 heavy (non-hydrogen) atoms. The van der Waals surface area contributed by atoms with Crippen LogP contribution in [-0.4, -0.2) is 50.9 Å². The lowest BCUT2D eigenvalue weighted by atomic mass is 10.1. The average Bonchev–Trinajstić information content (AvgIpc) is 2.94. The first-order chi connectivity index (χ1) is 19.6. The van der Waals surface area contributed by atoms with E-state index in [0.29, 0.717) is 65.7 Å². The number of nitrogens with one attached hydrogen (secondary N) is 3. The van der Waals surface area contributed by atoms with Gasteiger partial charge in [0, 0.05) is 18.2 Å². The third-order valence-electron chi connectivity index (χ3n) is 5.71. The summed E-state index contributed by atoms with van der Waals surface area (Å²) in [6.45, 7) is 6.17. The van der Waals surface area contributed by atoms with Gasteiger partial charge < -0.3 is 34.9 Å². The van der Waals surface area contributed by atoms with Crippen LogP contribution in [0.15, 0.2) is 66.7 Å². The minimum absolute atomic E-state index is 0.300. The van der Waals surface area contributed by atoms with E-state index >= 15 is 0 Å². The Kier molecular flexibility index (Phi) is 11.0. The topological polar surface area (TPSA) is 124 Å². The molecule has 0 bridgehead atoms. The van der Waals surface area contributed by atoms with Crippen LogP contribution in [0, 0.1) is 0 Å². The Morgan fingerprint density at radius 1 is 0.756 bits per heavy atom. The Bertz CT molecular complexity index is 1330. The molecule has 0 saturated heterocycles. The maximum atomic E-state index is 13.3. The molecule has 0 aliphatic rings. The van der Waals surface area contributed by atoms with Gasteiger partial charge >= 0.3 is 6.09 Å². The van der Waals surface area contributed by atoms with Crippen molar-refractivity contribution in [3.05, 3.63) is 77.9 Å². The molecule has 0 aliphatic carbocycles. The van der Waals surface area contributed by atoms with E-state index in [1.165, 1.54) is 7.11 Å². The SMILES string of the molecule is COc1ccc(C(=O)Nc2ccccc2NC(=O)c2ccc(OC)cc2OCCCCNC(=O)OC(C)(C)C)cc1. The number of amides is 3. The van der Waals surface area contributed by atoms with Crippen LogP contribution in [0.5, 0.6) is 17.2 Å². The second-order valence-electron chi connectivity index (χ2n) is 10.0. The quantitative estimate of drug-likeness (QED) is 0.235. The van der Waals surface area contributed by atoms with Crippen LogP contribution in [0.3, 0.4) is 0 Å². The zero-order valence-corrected chi connectivity index (χ0v) is 24.0. The third-order valence-corrected chi connectivity index (χ3v) is 5.71. The molecular weight excluding hydrogens is 526 g/mol. The Morgan fingerprint density at radius 2 is 1.37 bits per heavy atom. The number of ether oxygens (including phenoxy) is 4. The van der Waals surface area contributed by atoms with E-state index in [4.69, 9.17) is 18.9 Å². The van der Waals surface area contributed by atoms with Crippen molar-refractivity contribution in [2.45, 2.75) is 39.2 Å². The fraction of sp³-hybridized carbons (Fsp3) is 0.323. The summed E-state index contributed by atoms with van der Waals surface area (Å²) >= 11 is 0. The fourth-order valence-corrected chi connectivity index (χ4v) is 3.68. The highest BCUT2D eigenvalue weighted by atomic mass is 16.6. The van der Waals surface area contributed by atoms with Crippen molar-refractivity contribution >= 4 is 29.3 Å². The molecule has 3 aromatic rings. The maximum absolute atomic E-state index is 13.3. The lowest BCUT2D eigenvalue weighted by molar-refractivity contribution is 0.0526. The number of carbonyl (C=O) groups excluding carboxylic acids is 3. The second kappa shape index (κ2) is 14.6. The van der Waals surface area contributed by atoms with Crippen LogP contribution in [-0.2, 0) is 4.74 Å². The van der Waals surface area contributed by atoms with Crippen molar-refractivity contribution in [2.24, 2.45) is 0 Å². The highest BCUT2D eigenvalue weighted by Gasteiger charge is 2.18. The minimum atomic E-state index is -0.556. The van der Waals surface area contributed by atoms with Gasteiger partial charge in [0.05, 0.1) is 37.8 Å². The molecule has 0 aromatic heterocycles. The Labute approximate surface area is 240 Å². The first kappa shape index (κ1) is 30.8. The van der Waals surface area contributed by atoms with Gasteiger partial charge in [-0.2, -0.15) is 0 Å². The molecule has 0 spiro atoms. The molecule has 3 rings (SSSR count). The predicted molar refractivity (Wildman–Crippen MR) is 157 cm³/mol. The smallest absolute Gasteiger partial charge is 0.407 e. The van der Waals surface area contributed by atoms with Crippen molar-refractivity contribution in [3.8, 4) is 17.2 Å². The number of benzene rings is 3. The summed E-state index contributed by atoms with van der Waals surface area (Å²) in [6, 6.07) is 18.6. The summed E-state index contributed by atoms with van der Waals surface area (Å²) in [7, 11) is 3.09. The zero-order valence-electron chi connectivity index (χ0n) is 24.0. The lowest BCUT2D eigenvalue weighted by Gasteiger charge is -2.19. The molecule has 0 aliphatic heterocycles. The highest BCUT2D eigenvalue weighted by Crippen LogP contribution is 2.28. The van der Waals surface area contributed by atoms with Crippen molar-refractivity contribution in [1.29, 1.82) is 0 Å². The molecule has 3 amide bonds. The van der Waals surface area contributed by atoms with Crippen molar-refractivity contribution in [1.82, 2.24) is 5.32 Å². The first-order valence-electron chi connectivity index (χ1n) is 13.2. The predicted octanol–water partition coefficient (Wildman–Crippen LogP) is 5.89. The van der Waals surface area contributed by atoms with Gasteiger partial charge in [-0.3, -0.25) is 9.59 Å². The maximum Gasteiger partial charge on any atom is 0.407 e. The molecule has 10 nitrogen and oxygen atoms in total. The molecule has 0 fully saturated rings. The van der Waals surface area contributed by atoms with E-state index in [9.17, 15) is 14.4 Å². The van der Waals surface area contributed by atoms with Gasteiger partial charge in [-0.25, -0.2) is 4.79 Å². The van der Waals surface area contributed by atoms with Gasteiger partial charge in [-0.05, 0) is 82.1 Å². The van der Waals surface area contributed by atoms with Gasteiger partial charge in [0.15, 0.2) is 0 Å². The van der Waals surface area contributed by atoms with E-state index in [1.54, 1.807) is 94.6 Å². The number of unbranched alkanes of at least 4 members (excludes halogenated alkanes) is 1. The van der Waals surface area contributed by atoms with Crippen molar-refractivity contribution < 1.29 is 33.3 Å². The molecule has 0 atom stereocenters. The van der Waals surface area contributed by atoms with Crippen molar-refractivity contribution in [3.63, 3.8) is 0 Å². The van der Waals surface area contributed by atoms with Gasteiger partial charge in [0.25, 0.3) is 11.8 Å². The van der Waals surface area contributed by atoms with Gasteiger partial charge in [-0.1, -0.05) is 12.1 Å². The highest BCUT2D eigenvalue weighted by molar-refractivity contribution is 6.10. The lowest BCUT2D eigenvalue weighted by Crippen LogP contribution is -2.33. The van der Waals surface area contributed by atoms with Crippen molar-refractivity contribution in [2.75, 3.05) is 38.0 Å². The van der Waals surface area contributed by atoms with Crippen LogP contribution in [0.1, 0.15) is 54.3 Å². The summed E-state index contributed by atoms with van der Waals surface area (Å²) in [5.74, 6) is 0.783. The standard InChI is InChI=1S/C31H37N3O7/c1-31(2,3)41-30(37)32-18-8-9-19-40-27-20-23(39-5)16-17-24(27)29(36)34-26-11-7-6-10-25(26)33-28(35)21-12-14-22(38-4)15-13-21/h6-7,10-17,20H,8-9,18-19H2,1-5H3,(H,32,37)(H,33,35)(H,34,36). The summed E-state index contributed by atoms with van der Waals surface area (Å²) in [5.41, 5.74) is 1.05. The molecule has 0 heterocycles. The third kappa shape index (κ3) is 9.75. The number of rotatable bonds is 12. The van der Waals surface area contributed by atoms with Gasteiger partial charge in [0.2, 0.25) is 0 Å². The zero-order chi connectivity index (χ0) is 29.8. The number of carbonyl (C=O) groups is 3. The molecule has 3 aromatic carbocycles. The number of alkyl carbamates (subject to hydrolysis) is 1. The number of anilines is 2. The molecule has 0 unspecified atom stereocenters. The number of hydrogen-bond donors (Lipinski definition) is 3. The summed E-state index contributed by atoms with van der Waals surface area (Å²) in [6.07, 6.45) is 0.825. The summed E-state index contributed by atoms with van der Waals surface area (Å²) in [4.78, 5) is 37.9. The van der Waals surface area contributed by atoms with Crippen LogP contribution in [0.2, 0.25) is 0 Å². The number of methoxy groups -OCH3 is 2. The fourth-order valence-electron chi connectivity index (χ4n) is 3.68. The average molecular weight is 564 g/mol. The van der Waals surface area contributed by atoms with E-state index in [2.05, 4.69) is 16.0 Å². The van der Waals surface area contributed by atoms with Crippen LogP contribution in [0.4, 0.5) is 16.2 Å². The first-order valence-corrected chi connectivity index (χ1v) is 13.2. The summed E-state index contributed by atoms with van der Waals surface area (Å²) in [5, 5.41) is 8.42. The number of hydrogen-bond acceptors (Lipinski definition) is 7. The van der Waals surface area contributed by atoms with E-state index in [1.807, 2.05) is 0 Å². The number of para-hydroxylation sites is 2. The molecule has 0 radical (unpaired) electrons. The molecule has 10 heteroatoms. The molecule has 218 valence electrons. The molecule has 0 saturated carbocycles. The normalized spacial score (nSPS) is 10.8. The molecule has 3 N–H and O–H groups in total. The monoisotopic (exact) mass is 563 g/mol. The van der Waals surface area contributed by atoms with Crippen LogP contribution >= 0.6 is 0 Å². The Hall–Kier alpha value is -4.73. The van der Waals surface area contributed by atoms with E-state index in [0.717, 1.165) is 0 Å². The second-order valence-corrected chi connectivity index (χ2v) is 10.0.